The topological polar surface area (TPSA) is 52.3 Å². The molecule has 3 heteroatoms. The number of nitrogens with two attached hydrogens (primary N) is 1. The monoisotopic (exact) mass is 283 g/mol. The minimum absolute atomic E-state index is 0.0148. The molecule has 3 nitrogen and oxygen atoms in total. The first-order chi connectivity index (χ1) is 10.1. The van der Waals surface area contributed by atoms with Gasteiger partial charge in [-0.1, -0.05) is 30.3 Å². The maximum absolute atomic E-state index is 12.9. The van der Waals surface area contributed by atoms with E-state index >= 15 is 0 Å². The average Bonchev–Trinajstić information content (AvgIpc) is 2.50. The van der Waals surface area contributed by atoms with Crippen LogP contribution in [0.4, 0.5) is 0 Å². The molecule has 0 amide bonds. The number of hydrogen-bond acceptors (Lipinski definition) is 3. The molecule has 0 spiro atoms. The number of rotatable bonds is 5. The van der Waals surface area contributed by atoms with Gasteiger partial charge in [0.2, 0.25) is 0 Å². The largest absolute Gasteiger partial charge is 0.496 e. The van der Waals surface area contributed by atoms with E-state index in [1.54, 1.807) is 7.11 Å². The Morgan fingerprint density at radius 2 is 1.81 bits per heavy atom. The van der Waals surface area contributed by atoms with Crippen LogP contribution in [-0.4, -0.2) is 19.4 Å². The van der Waals surface area contributed by atoms with E-state index in [1.807, 2.05) is 50.2 Å². The molecule has 2 aromatic rings. The molecule has 21 heavy (non-hydrogen) atoms. The van der Waals surface area contributed by atoms with Crippen LogP contribution in [0.3, 0.4) is 0 Å². The van der Waals surface area contributed by atoms with Gasteiger partial charge in [0.05, 0.1) is 12.7 Å². The Morgan fingerprint density at radius 1 is 1.10 bits per heavy atom. The van der Waals surface area contributed by atoms with Crippen LogP contribution in [0.1, 0.15) is 32.6 Å². The van der Waals surface area contributed by atoms with Crippen molar-refractivity contribution >= 4 is 5.78 Å². The second kappa shape index (κ2) is 6.55. The van der Waals surface area contributed by atoms with Crippen molar-refractivity contribution in [2.45, 2.75) is 20.3 Å². The molecule has 0 saturated heterocycles. The molecule has 2 aromatic carbocycles. The van der Waals surface area contributed by atoms with Crippen molar-refractivity contribution in [3.05, 3.63) is 64.2 Å². The average molecular weight is 283 g/mol. The fourth-order valence-corrected chi connectivity index (χ4v) is 2.49. The van der Waals surface area contributed by atoms with Gasteiger partial charge in [0.1, 0.15) is 5.75 Å². The van der Waals surface area contributed by atoms with Crippen LogP contribution in [0, 0.1) is 13.8 Å². The number of ether oxygens (including phenoxy) is 1. The van der Waals surface area contributed by atoms with Crippen LogP contribution in [0.5, 0.6) is 5.75 Å². The standard InChI is InChI=1S/C18H21NO2/c1-12-8-9-16(18(21-3)13(12)2)17(20)15-7-5-4-6-14(15)10-11-19/h4-9H,10-11,19H2,1-3H3. The Bertz CT molecular complexity index is 662. The Labute approximate surface area is 125 Å². The zero-order valence-electron chi connectivity index (χ0n) is 12.8. The van der Waals surface area contributed by atoms with Crippen molar-refractivity contribution in [3.8, 4) is 5.75 Å². The molecule has 0 aromatic heterocycles. The molecule has 0 aliphatic rings. The molecular weight excluding hydrogens is 262 g/mol. The van der Waals surface area contributed by atoms with Crippen LogP contribution >= 0.6 is 0 Å². The molecule has 110 valence electrons. The summed E-state index contributed by atoms with van der Waals surface area (Å²) in [6.07, 6.45) is 0.690. The molecule has 0 saturated carbocycles. The highest BCUT2D eigenvalue weighted by Gasteiger charge is 2.19. The molecule has 0 fully saturated rings. The number of aryl methyl sites for hydroxylation is 1. The van der Waals surface area contributed by atoms with E-state index in [2.05, 4.69) is 0 Å². The predicted octanol–water partition coefficient (Wildman–Crippen LogP) is 3.04. The quantitative estimate of drug-likeness (QED) is 0.858. The van der Waals surface area contributed by atoms with Gasteiger partial charge >= 0.3 is 0 Å². The molecule has 0 bridgehead atoms. The van der Waals surface area contributed by atoms with Crippen LogP contribution in [0.15, 0.2) is 36.4 Å². The molecule has 0 aliphatic carbocycles. The second-order valence-corrected chi connectivity index (χ2v) is 5.11. The van der Waals surface area contributed by atoms with E-state index in [0.29, 0.717) is 29.8 Å². The second-order valence-electron chi connectivity index (χ2n) is 5.11. The fourth-order valence-electron chi connectivity index (χ4n) is 2.49. The molecule has 0 heterocycles. The zero-order chi connectivity index (χ0) is 15.4. The molecule has 0 atom stereocenters. The van der Waals surface area contributed by atoms with Gasteiger partial charge in [-0.05, 0) is 49.6 Å². The summed E-state index contributed by atoms with van der Waals surface area (Å²) >= 11 is 0. The van der Waals surface area contributed by atoms with Crippen molar-refractivity contribution in [2.24, 2.45) is 5.73 Å². The lowest BCUT2D eigenvalue weighted by molar-refractivity contribution is 0.103. The van der Waals surface area contributed by atoms with E-state index in [0.717, 1.165) is 16.7 Å². The van der Waals surface area contributed by atoms with Gasteiger partial charge in [-0.3, -0.25) is 4.79 Å². The third kappa shape index (κ3) is 2.98. The van der Waals surface area contributed by atoms with Gasteiger partial charge in [-0.25, -0.2) is 0 Å². The van der Waals surface area contributed by atoms with Crippen molar-refractivity contribution < 1.29 is 9.53 Å². The SMILES string of the molecule is COc1c(C(=O)c2ccccc2CCN)ccc(C)c1C. The van der Waals surface area contributed by atoms with Crippen molar-refractivity contribution in [3.63, 3.8) is 0 Å². The molecule has 2 rings (SSSR count). The summed E-state index contributed by atoms with van der Waals surface area (Å²) < 4.78 is 5.45. The summed E-state index contributed by atoms with van der Waals surface area (Å²) in [5, 5.41) is 0. The summed E-state index contributed by atoms with van der Waals surface area (Å²) in [7, 11) is 1.60. The molecule has 0 unspecified atom stereocenters. The lowest BCUT2D eigenvalue weighted by atomic mass is 9.94. The van der Waals surface area contributed by atoms with E-state index in [1.165, 1.54) is 0 Å². The van der Waals surface area contributed by atoms with Gasteiger partial charge < -0.3 is 10.5 Å². The normalized spacial score (nSPS) is 10.5. The summed E-state index contributed by atoms with van der Waals surface area (Å²) in [4.78, 5) is 12.9. The van der Waals surface area contributed by atoms with Gasteiger partial charge in [0, 0.05) is 5.56 Å². The van der Waals surface area contributed by atoms with Crippen LogP contribution in [0.25, 0.3) is 0 Å². The van der Waals surface area contributed by atoms with Gasteiger partial charge in [0.25, 0.3) is 0 Å². The third-order valence-electron chi connectivity index (χ3n) is 3.80. The first-order valence-electron chi connectivity index (χ1n) is 7.07. The summed E-state index contributed by atoms with van der Waals surface area (Å²) in [5.74, 6) is 0.640. The number of ketones is 1. The van der Waals surface area contributed by atoms with Crippen LogP contribution in [-0.2, 0) is 6.42 Å². The summed E-state index contributed by atoms with van der Waals surface area (Å²) in [6.45, 7) is 4.50. The fraction of sp³-hybridized carbons (Fsp3) is 0.278. The summed E-state index contributed by atoms with van der Waals surface area (Å²) in [6, 6.07) is 11.4. The maximum Gasteiger partial charge on any atom is 0.197 e. The lowest BCUT2D eigenvalue weighted by Gasteiger charge is -2.14. The Balaban J connectivity index is 2.53. The van der Waals surface area contributed by atoms with Crippen molar-refractivity contribution in [2.75, 3.05) is 13.7 Å². The zero-order valence-corrected chi connectivity index (χ0v) is 12.8. The molecule has 2 N–H and O–H groups in total. The summed E-state index contributed by atoms with van der Waals surface area (Å²) in [5.41, 5.74) is 10.0. The molecule has 0 aliphatic heterocycles. The maximum atomic E-state index is 12.9. The highest BCUT2D eigenvalue weighted by molar-refractivity contribution is 6.11. The minimum atomic E-state index is -0.0148. The predicted molar refractivity (Wildman–Crippen MR) is 85.1 cm³/mol. The lowest BCUT2D eigenvalue weighted by Crippen LogP contribution is -2.11. The minimum Gasteiger partial charge on any atom is -0.496 e. The van der Waals surface area contributed by atoms with Crippen molar-refractivity contribution in [1.82, 2.24) is 0 Å². The number of carbonyl (C=O) groups excluding carboxylic acids is 1. The first kappa shape index (κ1) is 15.3. The highest BCUT2D eigenvalue weighted by Crippen LogP contribution is 2.29. The van der Waals surface area contributed by atoms with E-state index in [-0.39, 0.29) is 5.78 Å². The van der Waals surface area contributed by atoms with Crippen molar-refractivity contribution in [1.29, 1.82) is 0 Å². The smallest absolute Gasteiger partial charge is 0.197 e. The van der Waals surface area contributed by atoms with Gasteiger partial charge in [-0.2, -0.15) is 0 Å². The van der Waals surface area contributed by atoms with Crippen LogP contribution < -0.4 is 10.5 Å². The molecular formula is C18H21NO2. The van der Waals surface area contributed by atoms with E-state index in [4.69, 9.17) is 10.5 Å². The van der Waals surface area contributed by atoms with Gasteiger partial charge in [-0.15, -0.1) is 0 Å². The van der Waals surface area contributed by atoms with Gasteiger partial charge in [0.15, 0.2) is 5.78 Å². The number of methoxy groups -OCH3 is 1. The van der Waals surface area contributed by atoms with E-state index < -0.39 is 0 Å². The third-order valence-corrected chi connectivity index (χ3v) is 3.80. The van der Waals surface area contributed by atoms with Crippen LogP contribution in [0.2, 0.25) is 0 Å². The molecule has 0 radical (unpaired) electrons. The highest BCUT2D eigenvalue weighted by atomic mass is 16.5. The number of benzene rings is 2. The Morgan fingerprint density at radius 3 is 2.48 bits per heavy atom. The first-order valence-corrected chi connectivity index (χ1v) is 7.07. The number of hydrogen-bond donors (Lipinski definition) is 1. The van der Waals surface area contributed by atoms with E-state index in [9.17, 15) is 4.79 Å². The number of carbonyl (C=O) groups is 1. The Kier molecular flexibility index (Phi) is 4.76. The Hall–Kier alpha value is -2.13.